The van der Waals surface area contributed by atoms with Crippen LogP contribution in [0.2, 0.25) is 5.02 Å². The van der Waals surface area contributed by atoms with Crippen LogP contribution in [0.3, 0.4) is 0 Å². The van der Waals surface area contributed by atoms with Gasteiger partial charge in [0.15, 0.2) is 0 Å². The van der Waals surface area contributed by atoms with Crippen LogP contribution in [-0.2, 0) is 11.3 Å². The Balaban J connectivity index is 2.43. The second-order valence-electron chi connectivity index (χ2n) is 4.64. The fourth-order valence-corrected chi connectivity index (χ4v) is 2.40. The van der Waals surface area contributed by atoms with Gasteiger partial charge in [-0.15, -0.1) is 0 Å². The molecule has 0 aliphatic carbocycles. The molecule has 5 heteroatoms. The van der Waals surface area contributed by atoms with Crippen molar-refractivity contribution < 1.29 is 4.74 Å². The third kappa shape index (κ3) is 3.08. The standard InChI is InChI=1S/C14H20ClN3O/c1-3-7-18-13-9-10(15)4-5-12(13)17-14(18)11(16)6-8-19-2/h4-5,9,11H,3,6-8,16H2,1-2H3. The summed E-state index contributed by atoms with van der Waals surface area (Å²) in [6, 6.07) is 5.64. The number of hydrogen-bond donors (Lipinski definition) is 1. The second-order valence-corrected chi connectivity index (χ2v) is 5.08. The summed E-state index contributed by atoms with van der Waals surface area (Å²) in [7, 11) is 1.68. The summed E-state index contributed by atoms with van der Waals surface area (Å²) in [5.74, 6) is 0.913. The zero-order chi connectivity index (χ0) is 13.8. The lowest BCUT2D eigenvalue weighted by atomic mass is 10.2. The minimum absolute atomic E-state index is 0.113. The first-order chi connectivity index (χ1) is 9.17. The second kappa shape index (κ2) is 6.37. The Morgan fingerprint density at radius 2 is 2.26 bits per heavy atom. The van der Waals surface area contributed by atoms with Crippen LogP contribution >= 0.6 is 11.6 Å². The van der Waals surface area contributed by atoms with E-state index in [0.29, 0.717) is 6.61 Å². The molecule has 4 nitrogen and oxygen atoms in total. The summed E-state index contributed by atoms with van der Waals surface area (Å²) in [5.41, 5.74) is 8.22. The normalized spacial score (nSPS) is 13.1. The van der Waals surface area contributed by atoms with Crippen LogP contribution in [0.15, 0.2) is 18.2 Å². The van der Waals surface area contributed by atoms with Gasteiger partial charge in [0.25, 0.3) is 0 Å². The number of fused-ring (bicyclic) bond motifs is 1. The topological polar surface area (TPSA) is 53.1 Å². The number of imidazole rings is 1. The van der Waals surface area contributed by atoms with Crippen LogP contribution in [0.1, 0.15) is 31.6 Å². The van der Waals surface area contributed by atoms with Gasteiger partial charge < -0.3 is 15.0 Å². The van der Waals surface area contributed by atoms with Gasteiger partial charge in [0.2, 0.25) is 0 Å². The molecule has 0 amide bonds. The minimum atomic E-state index is -0.113. The van der Waals surface area contributed by atoms with Crippen LogP contribution in [0.25, 0.3) is 11.0 Å². The monoisotopic (exact) mass is 281 g/mol. The zero-order valence-electron chi connectivity index (χ0n) is 11.4. The summed E-state index contributed by atoms with van der Waals surface area (Å²) >= 11 is 6.07. The molecular weight excluding hydrogens is 262 g/mol. The first-order valence-corrected chi connectivity index (χ1v) is 6.95. The lowest BCUT2D eigenvalue weighted by Crippen LogP contribution is -2.18. The number of halogens is 1. The van der Waals surface area contributed by atoms with Crippen LogP contribution in [-0.4, -0.2) is 23.3 Å². The number of nitrogens with two attached hydrogens (primary N) is 1. The van der Waals surface area contributed by atoms with E-state index in [-0.39, 0.29) is 6.04 Å². The van der Waals surface area contributed by atoms with Gasteiger partial charge in [0.1, 0.15) is 5.82 Å². The molecule has 1 aromatic heterocycles. The molecule has 2 aromatic rings. The predicted molar refractivity (Wildman–Crippen MR) is 78.5 cm³/mol. The first-order valence-electron chi connectivity index (χ1n) is 6.57. The van der Waals surface area contributed by atoms with Crippen LogP contribution in [0.4, 0.5) is 0 Å². The Labute approximate surface area is 118 Å². The van der Waals surface area contributed by atoms with Crippen molar-refractivity contribution in [3.8, 4) is 0 Å². The quantitative estimate of drug-likeness (QED) is 0.885. The fourth-order valence-electron chi connectivity index (χ4n) is 2.23. The molecule has 19 heavy (non-hydrogen) atoms. The summed E-state index contributed by atoms with van der Waals surface area (Å²) < 4.78 is 7.26. The van der Waals surface area contributed by atoms with E-state index in [4.69, 9.17) is 22.1 Å². The largest absolute Gasteiger partial charge is 0.385 e. The van der Waals surface area contributed by atoms with E-state index >= 15 is 0 Å². The lowest BCUT2D eigenvalue weighted by molar-refractivity contribution is 0.186. The number of benzene rings is 1. The molecule has 1 aromatic carbocycles. The maximum atomic E-state index is 6.22. The van der Waals surface area contributed by atoms with Crippen LogP contribution in [0.5, 0.6) is 0 Å². The van der Waals surface area contributed by atoms with Gasteiger partial charge in [-0.05, 0) is 31.0 Å². The highest BCUT2D eigenvalue weighted by Crippen LogP contribution is 2.24. The number of nitrogens with zero attached hydrogens (tertiary/aromatic N) is 2. The Morgan fingerprint density at radius 3 is 2.95 bits per heavy atom. The van der Waals surface area contributed by atoms with Crippen molar-refractivity contribution in [3.63, 3.8) is 0 Å². The maximum absolute atomic E-state index is 6.22. The van der Waals surface area contributed by atoms with Crippen molar-refractivity contribution in [2.24, 2.45) is 5.73 Å². The Morgan fingerprint density at radius 1 is 1.47 bits per heavy atom. The van der Waals surface area contributed by atoms with E-state index in [1.165, 1.54) is 0 Å². The Bertz CT molecular complexity index is 553. The van der Waals surface area contributed by atoms with Crippen molar-refractivity contribution in [2.75, 3.05) is 13.7 Å². The highest BCUT2D eigenvalue weighted by Gasteiger charge is 2.16. The van der Waals surface area contributed by atoms with Gasteiger partial charge in [0.05, 0.1) is 17.1 Å². The Kier molecular flexibility index (Phi) is 4.80. The van der Waals surface area contributed by atoms with Crippen molar-refractivity contribution in [1.82, 2.24) is 9.55 Å². The molecule has 0 aliphatic rings. The van der Waals surface area contributed by atoms with Gasteiger partial charge in [-0.1, -0.05) is 18.5 Å². The average molecular weight is 282 g/mol. The molecule has 0 saturated heterocycles. The van der Waals surface area contributed by atoms with Crippen LogP contribution < -0.4 is 5.73 Å². The summed E-state index contributed by atoms with van der Waals surface area (Å²) in [4.78, 5) is 4.65. The highest BCUT2D eigenvalue weighted by molar-refractivity contribution is 6.31. The lowest BCUT2D eigenvalue weighted by Gasteiger charge is -2.13. The molecule has 1 unspecified atom stereocenters. The number of ether oxygens (including phenoxy) is 1. The predicted octanol–water partition coefficient (Wildman–Crippen LogP) is 3.14. The minimum Gasteiger partial charge on any atom is -0.385 e. The van der Waals surface area contributed by atoms with Crippen molar-refractivity contribution in [1.29, 1.82) is 0 Å². The number of aromatic nitrogens is 2. The van der Waals surface area contributed by atoms with Gasteiger partial charge in [-0.3, -0.25) is 0 Å². The van der Waals surface area contributed by atoms with E-state index in [1.54, 1.807) is 7.11 Å². The molecule has 0 bridgehead atoms. The molecule has 0 saturated carbocycles. The smallest absolute Gasteiger partial charge is 0.126 e. The highest BCUT2D eigenvalue weighted by atomic mass is 35.5. The molecule has 104 valence electrons. The number of aryl methyl sites for hydroxylation is 1. The SMILES string of the molecule is CCCn1c(C(N)CCOC)nc2ccc(Cl)cc21. The van der Waals surface area contributed by atoms with Crippen LogP contribution in [0, 0.1) is 0 Å². The summed E-state index contributed by atoms with van der Waals surface area (Å²) in [6.45, 7) is 3.67. The fraction of sp³-hybridized carbons (Fsp3) is 0.500. The maximum Gasteiger partial charge on any atom is 0.126 e. The van der Waals surface area contributed by atoms with Crippen molar-refractivity contribution in [2.45, 2.75) is 32.4 Å². The average Bonchev–Trinajstić information content (AvgIpc) is 2.75. The first kappa shape index (κ1) is 14.3. The zero-order valence-corrected chi connectivity index (χ0v) is 12.2. The molecule has 1 heterocycles. The van der Waals surface area contributed by atoms with Gasteiger partial charge >= 0.3 is 0 Å². The molecule has 0 fully saturated rings. The number of methoxy groups -OCH3 is 1. The third-order valence-corrected chi connectivity index (χ3v) is 3.39. The summed E-state index contributed by atoms with van der Waals surface area (Å²) in [5, 5.41) is 0.724. The number of hydrogen-bond acceptors (Lipinski definition) is 3. The van der Waals surface area contributed by atoms with Gasteiger partial charge in [-0.25, -0.2) is 4.98 Å². The number of rotatable bonds is 6. The molecule has 0 spiro atoms. The molecule has 0 radical (unpaired) electrons. The molecule has 2 N–H and O–H groups in total. The van der Waals surface area contributed by atoms with Crippen molar-refractivity contribution in [3.05, 3.63) is 29.0 Å². The molecule has 2 rings (SSSR count). The van der Waals surface area contributed by atoms with Crippen molar-refractivity contribution >= 4 is 22.6 Å². The van der Waals surface area contributed by atoms with E-state index in [1.807, 2.05) is 18.2 Å². The summed E-state index contributed by atoms with van der Waals surface area (Å²) in [6.07, 6.45) is 1.79. The van der Waals surface area contributed by atoms with E-state index in [9.17, 15) is 0 Å². The molecule has 1 atom stereocenters. The Hall–Kier alpha value is -1.10. The molecular formula is C14H20ClN3O. The van der Waals surface area contributed by atoms with Gasteiger partial charge in [0, 0.05) is 25.3 Å². The van der Waals surface area contributed by atoms with E-state index in [2.05, 4.69) is 16.5 Å². The van der Waals surface area contributed by atoms with Gasteiger partial charge in [-0.2, -0.15) is 0 Å². The third-order valence-electron chi connectivity index (χ3n) is 3.15. The molecule has 0 aliphatic heterocycles. The van der Waals surface area contributed by atoms with E-state index in [0.717, 1.165) is 41.3 Å². The van der Waals surface area contributed by atoms with E-state index < -0.39 is 0 Å².